The minimum Gasteiger partial charge on any atom is -0.336 e. The SMILES string of the molecule is CCn1ncc(Cl)c1CN(C)C(=O)c1cc(C2CC2)nc2c1c(C)nn2C(C)C. The van der Waals surface area contributed by atoms with Crippen LogP contribution in [0.2, 0.25) is 5.02 Å². The second-order valence-electron chi connectivity index (χ2n) is 8.11. The summed E-state index contributed by atoms with van der Waals surface area (Å²) in [6.45, 7) is 9.21. The van der Waals surface area contributed by atoms with Gasteiger partial charge in [-0.1, -0.05) is 11.6 Å². The third-order valence-corrected chi connectivity index (χ3v) is 5.82. The molecule has 0 unspecified atom stereocenters. The molecule has 0 aliphatic heterocycles. The number of nitrogens with zero attached hydrogens (tertiary/aromatic N) is 6. The quantitative estimate of drug-likeness (QED) is 0.601. The zero-order valence-electron chi connectivity index (χ0n) is 17.6. The average Bonchev–Trinajstić information content (AvgIpc) is 3.41. The molecule has 3 aromatic rings. The summed E-state index contributed by atoms with van der Waals surface area (Å²) in [6, 6.07) is 2.14. The van der Waals surface area contributed by atoms with Gasteiger partial charge in [0.05, 0.1) is 40.1 Å². The first kappa shape index (κ1) is 19.9. The van der Waals surface area contributed by atoms with Gasteiger partial charge < -0.3 is 4.90 Å². The minimum absolute atomic E-state index is 0.0503. The number of carbonyl (C=O) groups is 1. The molecule has 0 N–H and O–H groups in total. The Morgan fingerprint density at radius 3 is 2.72 bits per heavy atom. The molecule has 0 atom stereocenters. The monoisotopic (exact) mass is 414 g/mol. The molecule has 1 aliphatic rings. The summed E-state index contributed by atoms with van der Waals surface area (Å²) in [6.07, 6.45) is 3.88. The first-order valence-corrected chi connectivity index (χ1v) is 10.5. The highest BCUT2D eigenvalue weighted by Crippen LogP contribution is 2.41. The van der Waals surface area contributed by atoms with Crippen LogP contribution in [0.5, 0.6) is 0 Å². The smallest absolute Gasteiger partial charge is 0.254 e. The molecule has 1 amide bonds. The van der Waals surface area contributed by atoms with Gasteiger partial charge in [0.1, 0.15) is 0 Å². The predicted octanol–water partition coefficient (Wildman–Crippen LogP) is 4.34. The van der Waals surface area contributed by atoms with Crippen molar-refractivity contribution in [2.24, 2.45) is 0 Å². The highest BCUT2D eigenvalue weighted by molar-refractivity contribution is 6.31. The van der Waals surface area contributed by atoms with Crippen LogP contribution in [0.15, 0.2) is 12.3 Å². The fraction of sp³-hybridized carbons (Fsp3) is 0.524. The predicted molar refractivity (Wildman–Crippen MR) is 113 cm³/mol. The fourth-order valence-electron chi connectivity index (χ4n) is 3.77. The molecule has 1 fully saturated rings. The van der Waals surface area contributed by atoms with Gasteiger partial charge in [0.25, 0.3) is 5.91 Å². The van der Waals surface area contributed by atoms with Crippen LogP contribution >= 0.6 is 11.6 Å². The first-order valence-electron chi connectivity index (χ1n) is 10.2. The summed E-state index contributed by atoms with van der Waals surface area (Å²) < 4.78 is 3.75. The van der Waals surface area contributed by atoms with Crippen molar-refractivity contribution in [2.45, 2.75) is 65.6 Å². The fourth-order valence-corrected chi connectivity index (χ4v) is 3.97. The van der Waals surface area contributed by atoms with Gasteiger partial charge in [-0.3, -0.25) is 9.48 Å². The zero-order valence-corrected chi connectivity index (χ0v) is 18.4. The summed E-state index contributed by atoms with van der Waals surface area (Å²) in [7, 11) is 1.80. The molecule has 0 radical (unpaired) electrons. The van der Waals surface area contributed by atoms with Gasteiger partial charge in [0, 0.05) is 31.2 Å². The lowest BCUT2D eigenvalue weighted by Crippen LogP contribution is -2.28. The Morgan fingerprint density at radius 2 is 2.10 bits per heavy atom. The molecule has 0 saturated heterocycles. The Hall–Kier alpha value is -2.41. The van der Waals surface area contributed by atoms with Crippen LogP contribution in [-0.2, 0) is 13.1 Å². The van der Waals surface area contributed by atoms with E-state index in [9.17, 15) is 4.79 Å². The van der Waals surface area contributed by atoms with Crippen molar-refractivity contribution in [1.82, 2.24) is 29.4 Å². The molecular formula is C21H27ClN6O. The summed E-state index contributed by atoms with van der Waals surface area (Å²) in [4.78, 5) is 20.1. The maximum atomic E-state index is 13.5. The second kappa shape index (κ2) is 7.44. The standard InChI is InChI=1S/C21H27ClN6O/c1-6-27-18(16(22)10-23-27)11-26(5)21(29)15-9-17(14-7-8-14)24-20-19(15)13(4)25-28(20)12(2)3/h9-10,12,14H,6-8,11H2,1-5H3. The van der Waals surface area contributed by atoms with E-state index in [2.05, 4.69) is 24.0 Å². The van der Waals surface area contributed by atoms with Crippen molar-refractivity contribution in [3.63, 3.8) is 0 Å². The van der Waals surface area contributed by atoms with Crippen LogP contribution in [0.25, 0.3) is 11.0 Å². The van der Waals surface area contributed by atoms with Gasteiger partial charge in [-0.05, 0) is 46.6 Å². The van der Waals surface area contributed by atoms with Gasteiger partial charge in [-0.15, -0.1) is 0 Å². The van der Waals surface area contributed by atoms with Crippen LogP contribution in [-0.4, -0.2) is 42.4 Å². The first-order chi connectivity index (χ1) is 13.8. The molecular weight excluding hydrogens is 388 g/mol. The van der Waals surface area contributed by atoms with E-state index in [4.69, 9.17) is 16.6 Å². The van der Waals surface area contributed by atoms with Crippen LogP contribution in [0.4, 0.5) is 0 Å². The van der Waals surface area contributed by atoms with Crippen LogP contribution in [0.3, 0.4) is 0 Å². The van der Waals surface area contributed by atoms with Crippen LogP contribution in [0, 0.1) is 6.92 Å². The van der Waals surface area contributed by atoms with E-state index in [1.807, 2.05) is 29.3 Å². The zero-order chi connectivity index (χ0) is 20.9. The van der Waals surface area contributed by atoms with Crippen LogP contribution < -0.4 is 0 Å². The Morgan fingerprint density at radius 1 is 1.38 bits per heavy atom. The second-order valence-corrected chi connectivity index (χ2v) is 8.51. The lowest BCUT2D eigenvalue weighted by atomic mass is 10.1. The van der Waals surface area contributed by atoms with Crippen molar-refractivity contribution in [1.29, 1.82) is 0 Å². The number of aromatic nitrogens is 5. The molecule has 8 heteroatoms. The Kier molecular flexibility index (Phi) is 5.11. The Balaban J connectivity index is 1.77. The maximum Gasteiger partial charge on any atom is 0.254 e. The Bertz CT molecular complexity index is 1080. The molecule has 3 aromatic heterocycles. The number of halogens is 1. The molecule has 154 valence electrons. The van der Waals surface area contributed by atoms with Gasteiger partial charge in [0.2, 0.25) is 0 Å². The number of rotatable bonds is 6. The highest BCUT2D eigenvalue weighted by Gasteiger charge is 2.30. The van der Waals surface area contributed by atoms with Gasteiger partial charge in [-0.2, -0.15) is 10.2 Å². The Labute approximate surface area is 175 Å². The van der Waals surface area contributed by atoms with Crippen molar-refractivity contribution < 1.29 is 4.79 Å². The van der Waals surface area contributed by atoms with Crippen molar-refractivity contribution in [3.8, 4) is 0 Å². The van der Waals surface area contributed by atoms with Crippen molar-refractivity contribution in [3.05, 3.63) is 39.9 Å². The largest absolute Gasteiger partial charge is 0.336 e. The third kappa shape index (κ3) is 3.52. The lowest BCUT2D eigenvalue weighted by molar-refractivity contribution is 0.0783. The number of pyridine rings is 1. The highest BCUT2D eigenvalue weighted by atomic mass is 35.5. The van der Waals surface area contributed by atoms with E-state index in [-0.39, 0.29) is 11.9 Å². The number of aryl methyl sites for hydroxylation is 2. The average molecular weight is 415 g/mol. The molecule has 7 nitrogen and oxygen atoms in total. The maximum absolute atomic E-state index is 13.5. The summed E-state index contributed by atoms with van der Waals surface area (Å²) >= 11 is 6.31. The van der Waals surface area contributed by atoms with E-state index in [1.165, 1.54) is 0 Å². The number of amides is 1. The van der Waals surface area contributed by atoms with E-state index < -0.39 is 0 Å². The van der Waals surface area contributed by atoms with E-state index in [1.54, 1.807) is 18.1 Å². The van der Waals surface area contributed by atoms with Crippen LogP contribution in [0.1, 0.15) is 73.0 Å². The number of carbonyl (C=O) groups excluding carboxylic acids is 1. The van der Waals surface area contributed by atoms with E-state index >= 15 is 0 Å². The topological polar surface area (TPSA) is 68.8 Å². The van der Waals surface area contributed by atoms with Crippen molar-refractivity contribution >= 4 is 28.5 Å². The molecule has 0 spiro atoms. The van der Waals surface area contributed by atoms with Gasteiger partial charge in [0.15, 0.2) is 5.65 Å². The molecule has 0 bridgehead atoms. The van der Waals surface area contributed by atoms with Gasteiger partial charge >= 0.3 is 0 Å². The molecule has 0 aromatic carbocycles. The van der Waals surface area contributed by atoms with Gasteiger partial charge in [-0.25, -0.2) is 9.67 Å². The molecule has 1 saturated carbocycles. The van der Waals surface area contributed by atoms with Crippen molar-refractivity contribution in [2.75, 3.05) is 7.05 Å². The molecule has 1 aliphatic carbocycles. The van der Waals surface area contributed by atoms with E-state index in [0.717, 1.165) is 41.0 Å². The summed E-state index contributed by atoms with van der Waals surface area (Å²) in [5.41, 5.74) is 4.13. The number of hydrogen-bond acceptors (Lipinski definition) is 4. The molecule has 3 heterocycles. The summed E-state index contributed by atoms with van der Waals surface area (Å²) in [5.74, 6) is 0.397. The number of fused-ring (bicyclic) bond motifs is 1. The normalized spacial score (nSPS) is 14.2. The molecule has 29 heavy (non-hydrogen) atoms. The lowest BCUT2D eigenvalue weighted by Gasteiger charge is -2.19. The molecule has 4 rings (SSSR count). The number of hydrogen-bond donors (Lipinski definition) is 0. The summed E-state index contributed by atoms with van der Waals surface area (Å²) in [5, 5.41) is 10.4. The van der Waals surface area contributed by atoms with E-state index in [0.29, 0.717) is 29.6 Å². The minimum atomic E-state index is -0.0503. The third-order valence-electron chi connectivity index (χ3n) is 5.50.